The smallest absolute Gasteiger partial charge is 0.363 e. The fourth-order valence-electron chi connectivity index (χ4n) is 1.90. The number of ether oxygens (including phenoxy) is 1. The van der Waals surface area contributed by atoms with Gasteiger partial charge in [-0.25, -0.2) is 9.79 Å². The zero-order chi connectivity index (χ0) is 15.7. The van der Waals surface area contributed by atoms with Crippen molar-refractivity contribution >= 4 is 52.7 Å². The van der Waals surface area contributed by atoms with E-state index in [0.717, 1.165) is 5.56 Å². The van der Waals surface area contributed by atoms with Crippen molar-refractivity contribution in [3.8, 4) is 0 Å². The molecule has 2 aromatic rings. The molecule has 1 aliphatic rings. The molecule has 0 amide bonds. The van der Waals surface area contributed by atoms with Crippen LogP contribution in [-0.2, 0) is 9.53 Å². The number of hydrogen-bond acceptors (Lipinski definition) is 3. The van der Waals surface area contributed by atoms with E-state index >= 15 is 0 Å². The summed E-state index contributed by atoms with van der Waals surface area (Å²) in [6.07, 6.45) is 1.62. The highest BCUT2D eigenvalue weighted by Gasteiger charge is 2.25. The minimum absolute atomic E-state index is 0.159. The molecule has 0 radical (unpaired) electrons. The molecule has 0 unspecified atom stereocenters. The van der Waals surface area contributed by atoms with Gasteiger partial charge in [0.2, 0.25) is 5.90 Å². The number of rotatable bonds is 2. The number of hydrogen-bond donors (Lipinski definition) is 0. The summed E-state index contributed by atoms with van der Waals surface area (Å²) in [5.41, 5.74) is 1.51. The van der Waals surface area contributed by atoms with Crippen molar-refractivity contribution in [3.05, 3.63) is 74.4 Å². The van der Waals surface area contributed by atoms with E-state index in [1.54, 1.807) is 48.5 Å². The van der Waals surface area contributed by atoms with E-state index in [2.05, 4.69) is 4.99 Å². The highest BCUT2D eigenvalue weighted by molar-refractivity contribution is 6.37. The van der Waals surface area contributed by atoms with Gasteiger partial charge in [-0.1, -0.05) is 46.9 Å². The number of benzene rings is 2. The van der Waals surface area contributed by atoms with Gasteiger partial charge in [-0.2, -0.15) is 0 Å². The van der Waals surface area contributed by atoms with Crippen LogP contribution < -0.4 is 0 Å². The Balaban J connectivity index is 1.96. The molecule has 0 spiro atoms. The lowest BCUT2D eigenvalue weighted by Gasteiger charge is -2.02. The Kier molecular flexibility index (Phi) is 4.21. The van der Waals surface area contributed by atoms with E-state index in [-0.39, 0.29) is 11.6 Å². The number of carbonyl (C=O) groups is 1. The first-order chi connectivity index (χ1) is 10.5. The molecule has 0 saturated carbocycles. The summed E-state index contributed by atoms with van der Waals surface area (Å²) in [4.78, 5) is 16.1. The highest BCUT2D eigenvalue weighted by atomic mass is 35.5. The lowest BCUT2D eigenvalue weighted by molar-refractivity contribution is -0.129. The minimum Gasteiger partial charge on any atom is -0.402 e. The van der Waals surface area contributed by atoms with Gasteiger partial charge in [-0.3, -0.25) is 0 Å². The van der Waals surface area contributed by atoms with Crippen molar-refractivity contribution in [1.82, 2.24) is 0 Å². The van der Waals surface area contributed by atoms with Gasteiger partial charge in [-0.05, 0) is 42.0 Å². The molecular formula is C16H8Cl3NO2. The molecule has 110 valence electrons. The first-order valence-corrected chi connectivity index (χ1v) is 7.40. The Morgan fingerprint density at radius 2 is 1.64 bits per heavy atom. The lowest BCUT2D eigenvalue weighted by atomic mass is 10.2. The van der Waals surface area contributed by atoms with Gasteiger partial charge in [0.1, 0.15) is 0 Å². The molecule has 2 aromatic carbocycles. The maximum Gasteiger partial charge on any atom is 0.363 e. The third-order valence-electron chi connectivity index (χ3n) is 2.96. The van der Waals surface area contributed by atoms with Gasteiger partial charge >= 0.3 is 5.97 Å². The van der Waals surface area contributed by atoms with Gasteiger partial charge in [0, 0.05) is 10.0 Å². The number of cyclic esters (lactones) is 1. The van der Waals surface area contributed by atoms with Crippen molar-refractivity contribution < 1.29 is 9.53 Å². The van der Waals surface area contributed by atoms with Crippen LogP contribution in [0.25, 0.3) is 6.08 Å². The molecule has 0 N–H and O–H groups in total. The van der Waals surface area contributed by atoms with Crippen LogP contribution in [0.2, 0.25) is 15.1 Å². The van der Waals surface area contributed by atoms with E-state index in [1.807, 2.05) is 0 Å². The van der Waals surface area contributed by atoms with Crippen LogP contribution >= 0.6 is 34.8 Å². The first-order valence-electron chi connectivity index (χ1n) is 6.26. The average Bonchev–Trinajstić information content (AvgIpc) is 2.82. The monoisotopic (exact) mass is 351 g/mol. The van der Waals surface area contributed by atoms with E-state index in [4.69, 9.17) is 39.5 Å². The molecule has 0 saturated heterocycles. The molecular weight excluding hydrogens is 345 g/mol. The molecule has 3 nitrogen and oxygen atoms in total. The molecule has 6 heteroatoms. The molecule has 0 aromatic heterocycles. The second kappa shape index (κ2) is 6.13. The zero-order valence-corrected chi connectivity index (χ0v) is 13.3. The number of esters is 1. The van der Waals surface area contributed by atoms with Gasteiger partial charge in [0.25, 0.3) is 0 Å². The average molecular weight is 353 g/mol. The van der Waals surface area contributed by atoms with E-state index in [0.29, 0.717) is 20.6 Å². The molecule has 0 atom stereocenters. The maximum absolute atomic E-state index is 11.9. The summed E-state index contributed by atoms with van der Waals surface area (Å²) in [6.45, 7) is 0. The van der Waals surface area contributed by atoms with Gasteiger partial charge < -0.3 is 4.74 Å². The maximum atomic E-state index is 11.9. The first kappa shape index (κ1) is 15.1. The largest absolute Gasteiger partial charge is 0.402 e. The highest BCUT2D eigenvalue weighted by Crippen LogP contribution is 2.26. The van der Waals surface area contributed by atoms with E-state index in [1.165, 1.54) is 0 Å². The topological polar surface area (TPSA) is 38.7 Å². The molecule has 22 heavy (non-hydrogen) atoms. The van der Waals surface area contributed by atoms with Gasteiger partial charge in [-0.15, -0.1) is 0 Å². The van der Waals surface area contributed by atoms with Crippen LogP contribution in [-0.4, -0.2) is 11.9 Å². The normalized spacial score (nSPS) is 15.9. The van der Waals surface area contributed by atoms with Crippen LogP contribution in [0.3, 0.4) is 0 Å². The third-order valence-corrected chi connectivity index (χ3v) is 3.76. The van der Waals surface area contributed by atoms with Gasteiger partial charge in [0.05, 0.1) is 10.6 Å². The summed E-state index contributed by atoms with van der Waals surface area (Å²) in [7, 11) is 0. The van der Waals surface area contributed by atoms with Crippen molar-refractivity contribution in [2.75, 3.05) is 0 Å². The molecule has 1 heterocycles. The molecule has 0 aliphatic carbocycles. The lowest BCUT2D eigenvalue weighted by Crippen LogP contribution is -2.05. The van der Waals surface area contributed by atoms with Crippen LogP contribution in [0, 0.1) is 0 Å². The van der Waals surface area contributed by atoms with Crippen LogP contribution in [0.4, 0.5) is 0 Å². The van der Waals surface area contributed by atoms with Crippen molar-refractivity contribution in [3.63, 3.8) is 0 Å². The number of halogens is 3. The summed E-state index contributed by atoms with van der Waals surface area (Å²) in [5, 5.41) is 1.48. The summed E-state index contributed by atoms with van der Waals surface area (Å²) >= 11 is 17.8. The number of aliphatic imine (C=N–C) groups is 1. The SMILES string of the molecule is O=C1OC(c2ccc(Cl)cc2Cl)=N/C1=C/c1ccc(Cl)cc1. The Bertz CT molecular complexity index is 811. The predicted molar refractivity (Wildman–Crippen MR) is 88.5 cm³/mol. The summed E-state index contributed by atoms with van der Waals surface area (Å²) < 4.78 is 5.17. The van der Waals surface area contributed by atoms with E-state index in [9.17, 15) is 4.79 Å². The Labute approximate surface area is 141 Å². The Hall–Kier alpha value is -1.81. The fourth-order valence-corrected chi connectivity index (χ4v) is 2.52. The summed E-state index contributed by atoms with van der Waals surface area (Å²) in [6, 6.07) is 11.9. The Morgan fingerprint density at radius 1 is 0.955 bits per heavy atom. The predicted octanol–water partition coefficient (Wildman–Crippen LogP) is 4.99. The van der Waals surface area contributed by atoms with Crippen LogP contribution in [0.1, 0.15) is 11.1 Å². The van der Waals surface area contributed by atoms with E-state index < -0.39 is 5.97 Å². The molecule has 0 bridgehead atoms. The molecule has 0 fully saturated rings. The standard InChI is InChI=1S/C16H8Cl3NO2/c17-10-3-1-9(2-4-10)7-14-16(21)22-15(20-14)12-6-5-11(18)8-13(12)19/h1-8H/b14-7+. The van der Waals surface area contributed by atoms with Crippen molar-refractivity contribution in [2.45, 2.75) is 0 Å². The zero-order valence-electron chi connectivity index (χ0n) is 11.0. The molecule has 3 rings (SSSR count). The summed E-state index contributed by atoms with van der Waals surface area (Å²) in [5.74, 6) is -0.372. The number of nitrogens with zero attached hydrogens (tertiary/aromatic N) is 1. The second-order valence-electron chi connectivity index (χ2n) is 4.51. The Morgan fingerprint density at radius 3 is 2.32 bits per heavy atom. The molecule has 1 aliphatic heterocycles. The number of carbonyl (C=O) groups excluding carboxylic acids is 1. The quantitative estimate of drug-likeness (QED) is 0.564. The fraction of sp³-hybridized carbons (Fsp3) is 0. The van der Waals surface area contributed by atoms with Crippen LogP contribution in [0.5, 0.6) is 0 Å². The van der Waals surface area contributed by atoms with Crippen LogP contribution in [0.15, 0.2) is 53.2 Å². The second-order valence-corrected chi connectivity index (χ2v) is 5.79. The van der Waals surface area contributed by atoms with Gasteiger partial charge in [0.15, 0.2) is 5.70 Å². The minimum atomic E-state index is -0.532. The van der Waals surface area contributed by atoms with Crippen molar-refractivity contribution in [2.24, 2.45) is 4.99 Å². The van der Waals surface area contributed by atoms with Crippen molar-refractivity contribution in [1.29, 1.82) is 0 Å². The third kappa shape index (κ3) is 3.17.